The van der Waals surface area contributed by atoms with E-state index >= 15 is 0 Å². The predicted molar refractivity (Wildman–Crippen MR) is 107 cm³/mol. The summed E-state index contributed by atoms with van der Waals surface area (Å²) < 4.78 is 10.5. The van der Waals surface area contributed by atoms with Gasteiger partial charge < -0.3 is 25.4 Å². The number of nitrogens with one attached hydrogen (secondary N) is 3. The lowest BCUT2D eigenvalue weighted by Gasteiger charge is -2.25. The lowest BCUT2D eigenvalue weighted by molar-refractivity contribution is 0.0394. The summed E-state index contributed by atoms with van der Waals surface area (Å²) in [6.07, 6.45) is 0. The highest BCUT2D eigenvalue weighted by Crippen LogP contribution is 2.12. The molecule has 0 bridgehead atoms. The van der Waals surface area contributed by atoms with Gasteiger partial charge in [0.2, 0.25) is 0 Å². The van der Waals surface area contributed by atoms with Crippen LogP contribution in [0.15, 0.2) is 29.3 Å². The Balaban J connectivity index is 1.69. The fraction of sp³-hybridized carbons (Fsp3) is 0.579. The Bertz CT molecular complexity index is 603. The Kier molecular flexibility index (Phi) is 9.43. The van der Waals surface area contributed by atoms with E-state index in [0.717, 1.165) is 51.9 Å². The van der Waals surface area contributed by atoms with E-state index < -0.39 is 0 Å². The monoisotopic (exact) mass is 377 g/mol. The van der Waals surface area contributed by atoms with Gasteiger partial charge in [0.25, 0.3) is 5.91 Å². The zero-order chi connectivity index (χ0) is 19.3. The molecular weight excluding hydrogens is 346 g/mol. The molecule has 1 aromatic carbocycles. The molecule has 1 amide bonds. The number of carbonyl (C=O) groups is 1. The van der Waals surface area contributed by atoms with Gasteiger partial charge in [0, 0.05) is 44.8 Å². The fourth-order valence-corrected chi connectivity index (χ4v) is 2.69. The Hall–Kier alpha value is -2.32. The summed E-state index contributed by atoms with van der Waals surface area (Å²) in [5, 5.41) is 9.36. The largest absolute Gasteiger partial charge is 0.497 e. The molecule has 1 heterocycles. The zero-order valence-electron chi connectivity index (χ0n) is 16.3. The van der Waals surface area contributed by atoms with Crippen LogP contribution in [-0.4, -0.2) is 82.9 Å². The van der Waals surface area contributed by atoms with E-state index in [0.29, 0.717) is 24.4 Å². The second kappa shape index (κ2) is 12.1. The van der Waals surface area contributed by atoms with Crippen LogP contribution in [0.4, 0.5) is 0 Å². The maximum Gasteiger partial charge on any atom is 0.251 e. The summed E-state index contributed by atoms with van der Waals surface area (Å²) in [5.74, 6) is 1.31. The van der Waals surface area contributed by atoms with Crippen LogP contribution in [0, 0.1) is 0 Å². The van der Waals surface area contributed by atoms with Crippen molar-refractivity contribution in [3.63, 3.8) is 0 Å². The number of aliphatic imine (C=N–C) groups is 1. The van der Waals surface area contributed by atoms with Crippen molar-refractivity contribution < 1.29 is 14.3 Å². The van der Waals surface area contributed by atoms with Crippen molar-refractivity contribution in [3.05, 3.63) is 29.8 Å². The smallest absolute Gasteiger partial charge is 0.251 e. The van der Waals surface area contributed by atoms with E-state index in [2.05, 4.69) is 25.8 Å². The summed E-state index contributed by atoms with van der Waals surface area (Å²) in [7, 11) is 1.58. The molecule has 0 radical (unpaired) electrons. The molecule has 1 saturated heterocycles. The van der Waals surface area contributed by atoms with Crippen molar-refractivity contribution >= 4 is 11.9 Å². The van der Waals surface area contributed by atoms with Gasteiger partial charge in [-0.1, -0.05) is 6.07 Å². The molecule has 0 atom stereocenters. The summed E-state index contributed by atoms with van der Waals surface area (Å²) in [6.45, 7) is 9.11. The SMILES string of the molecule is CCNC(=NCCN1CCOCC1)NCCNC(=O)c1cccc(OC)c1. The molecule has 0 unspecified atom stereocenters. The highest BCUT2D eigenvalue weighted by atomic mass is 16.5. The number of benzene rings is 1. The molecule has 27 heavy (non-hydrogen) atoms. The number of ether oxygens (including phenoxy) is 2. The quantitative estimate of drug-likeness (QED) is 0.326. The van der Waals surface area contributed by atoms with E-state index in [4.69, 9.17) is 9.47 Å². The maximum absolute atomic E-state index is 12.2. The van der Waals surface area contributed by atoms with E-state index in [1.165, 1.54) is 0 Å². The van der Waals surface area contributed by atoms with E-state index in [9.17, 15) is 4.79 Å². The Morgan fingerprint density at radius 3 is 2.74 bits per heavy atom. The topological polar surface area (TPSA) is 87.2 Å². The molecule has 150 valence electrons. The standard InChI is InChI=1S/C19H31N5O3/c1-3-20-19(23-9-10-24-11-13-27-14-12-24)22-8-7-21-18(25)16-5-4-6-17(15-16)26-2/h4-6,15H,3,7-14H2,1-2H3,(H,21,25)(H2,20,22,23). The molecule has 8 heteroatoms. The number of hydrogen-bond donors (Lipinski definition) is 3. The Labute approximate surface area is 161 Å². The van der Waals surface area contributed by atoms with E-state index in [-0.39, 0.29) is 5.91 Å². The molecule has 1 aliphatic heterocycles. The third-order valence-corrected chi connectivity index (χ3v) is 4.17. The molecular formula is C19H31N5O3. The van der Waals surface area contributed by atoms with Crippen molar-refractivity contribution in [2.45, 2.75) is 6.92 Å². The van der Waals surface area contributed by atoms with Crippen LogP contribution in [0.2, 0.25) is 0 Å². The molecule has 8 nitrogen and oxygen atoms in total. The lowest BCUT2D eigenvalue weighted by atomic mass is 10.2. The van der Waals surface area contributed by atoms with Crippen LogP contribution in [0.25, 0.3) is 0 Å². The normalized spacial score (nSPS) is 15.3. The zero-order valence-corrected chi connectivity index (χ0v) is 16.3. The molecule has 1 fully saturated rings. The third-order valence-electron chi connectivity index (χ3n) is 4.17. The molecule has 0 saturated carbocycles. The molecule has 2 rings (SSSR count). The number of carbonyl (C=O) groups excluding carboxylic acids is 1. The van der Waals surface area contributed by atoms with Gasteiger partial charge in [-0.15, -0.1) is 0 Å². The lowest BCUT2D eigenvalue weighted by Crippen LogP contribution is -2.42. The Morgan fingerprint density at radius 2 is 2.00 bits per heavy atom. The van der Waals surface area contributed by atoms with Gasteiger partial charge in [-0.3, -0.25) is 14.7 Å². The van der Waals surface area contributed by atoms with E-state index in [1.807, 2.05) is 13.0 Å². The Morgan fingerprint density at radius 1 is 1.22 bits per heavy atom. The third kappa shape index (κ3) is 7.84. The average molecular weight is 377 g/mol. The van der Waals surface area contributed by atoms with Gasteiger partial charge >= 0.3 is 0 Å². The average Bonchev–Trinajstić information content (AvgIpc) is 2.71. The first-order chi connectivity index (χ1) is 13.2. The first-order valence-electron chi connectivity index (χ1n) is 9.47. The van der Waals surface area contributed by atoms with E-state index in [1.54, 1.807) is 25.3 Å². The summed E-state index contributed by atoms with van der Waals surface area (Å²) in [4.78, 5) is 19.1. The number of morpholine rings is 1. The molecule has 0 aromatic heterocycles. The van der Waals surface area contributed by atoms with Gasteiger partial charge in [-0.2, -0.15) is 0 Å². The van der Waals surface area contributed by atoms with Gasteiger partial charge in [0.1, 0.15) is 5.75 Å². The highest BCUT2D eigenvalue weighted by molar-refractivity contribution is 5.94. The fourth-order valence-electron chi connectivity index (χ4n) is 2.69. The van der Waals surface area contributed by atoms with Crippen LogP contribution in [-0.2, 0) is 4.74 Å². The minimum Gasteiger partial charge on any atom is -0.497 e. The maximum atomic E-state index is 12.2. The number of methoxy groups -OCH3 is 1. The van der Waals surface area contributed by atoms with Gasteiger partial charge in [0.15, 0.2) is 5.96 Å². The number of guanidine groups is 1. The predicted octanol–water partition coefficient (Wildman–Crippen LogP) is 0.312. The summed E-state index contributed by atoms with van der Waals surface area (Å²) >= 11 is 0. The first-order valence-corrected chi connectivity index (χ1v) is 9.47. The first kappa shape index (κ1) is 21.0. The molecule has 1 aromatic rings. The van der Waals surface area contributed by atoms with Crippen LogP contribution in [0.3, 0.4) is 0 Å². The van der Waals surface area contributed by atoms with Crippen molar-refractivity contribution in [2.75, 3.05) is 66.1 Å². The van der Waals surface area contributed by atoms with Crippen molar-refractivity contribution in [1.29, 1.82) is 0 Å². The van der Waals surface area contributed by atoms with Crippen molar-refractivity contribution in [3.8, 4) is 5.75 Å². The summed E-state index contributed by atoms with van der Waals surface area (Å²) in [5.41, 5.74) is 0.584. The molecule has 0 spiro atoms. The molecule has 1 aliphatic rings. The van der Waals surface area contributed by atoms with Crippen LogP contribution < -0.4 is 20.7 Å². The summed E-state index contributed by atoms with van der Waals surface area (Å²) in [6, 6.07) is 7.10. The highest BCUT2D eigenvalue weighted by Gasteiger charge is 2.09. The molecule has 0 aliphatic carbocycles. The number of hydrogen-bond acceptors (Lipinski definition) is 5. The van der Waals surface area contributed by atoms with Gasteiger partial charge in [0.05, 0.1) is 26.9 Å². The van der Waals surface area contributed by atoms with Gasteiger partial charge in [-0.05, 0) is 25.1 Å². The van der Waals surface area contributed by atoms with Crippen molar-refractivity contribution in [1.82, 2.24) is 20.9 Å². The number of rotatable bonds is 9. The van der Waals surface area contributed by atoms with Crippen molar-refractivity contribution in [2.24, 2.45) is 4.99 Å². The van der Waals surface area contributed by atoms with Crippen LogP contribution >= 0.6 is 0 Å². The van der Waals surface area contributed by atoms with Crippen LogP contribution in [0.5, 0.6) is 5.75 Å². The minimum atomic E-state index is -0.120. The number of nitrogens with zero attached hydrogens (tertiary/aromatic N) is 2. The van der Waals surface area contributed by atoms with Gasteiger partial charge in [-0.25, -0.2) is 0 Å². The van der Waals surface area contributed by atoms with Crippen LogP contribution in [0.1, 0.15) is 17.3 Å². The number of amides is 1. The second-order valence-corrected chi connectivity index (χ2v) is 6.13. The second-order valence-electron chi connectivity index (χ2n) is 6.13. The molecule has 3 N–H and O–H groups in total. The minimum absolute atomic E-state index is 0.120.